The Morgan fingerprint density at radius 2 is 1.80 bits per heavy atom. The first-order valence-corrected chi connectivity index (χ1v) is 18.3. The third-order valence-corrected chi connectivity index (χ3v) is 12.2. The molecule has 5 saturated heterocycles. The number of ether oxygens (including phenoxy) is 2. The Morgan fingerprint density at radius 1 is 1.08 bits per heavy atom. The van der Waals surface area contributed by atoms with E-state index in [-0.39, 0.29) is 52.6 Å². The number of esters is 1. The molecule has 0 spiro atoms. The van der Waals surface area contributed by atoms with Crippen molar-refractivity contribution in [2.75, 3.05) is 37.7 Å². The molecule has 2 unspecified atom stereocenters. The van der Waals surface area contributed by atoms with Crippen molar-refractivity contribution < 1.29 is 23.5 Å². The molecule has 5 aliphatic rings. The molecule has 9 rings (SSSR count). The molecule has 1 amide bonds. The first-order valence-electron chi connectivity index (χ1n) is 17.9. The molecule has 2 bridgehead atoms. The number of hydrogen-bond acceptors (Lipinski definition) is 9. The average Bonchev–Trinajstić information content (AvgIpc) is 3.76. The summed E-state index contributed by atoms with van der Waals surface area (Å²) in [6.45, 7) is 7.47. The fraction of sp³-hybridized carbons (Fsp3) is 0.500. The zero-order valence-electron chi connectivity index (χ0n) is 28.3. The average molecular weight is 699 g/mol. The third-order valence-electron chi connectivity index (χ3n) is 11.9. The van der Waals surface area contributed by atoms with Crippen LogP contribution >= 0.6 is 11.6 Å². The minimum Gasteiger partial charge on any atom is -0.461 e. The standard InChI is InChI=1S/C38H40ClFN6O4/c1-21(2)28-33(50-36(28)48)35(47)46-23-11-12-24(46)19-44(18-23)34-26-17-41-31(25-9-3-7-22-8-4-10-27(39)29(22)25)30(40)32(26)42-37(43-34)49-20-38-13-5-15-45(38)16-6-14-38/h3-4,7-10,17,21,23-24,28,33H,5-6,11-16,18-20H2,1-2H3/t23?,24?,28-,33-/m1/s1. The second kappa shape index (κ2) is 12.0. The van der Waals surface area contributed by atoms with Crippen LogP contribution in [-0.4, -0.2) is 93.1 Å². The van der Waals surface area contributed by atoms with Gasteiger partial charge in [-0.25, -0.2) is 4.39 Å². The van der Waals surface area contributed by atoms with Crippen LogP contribution in [0.1, 0.15) is 52.4 Å². The number of hydrogen-bond donors (Lipinski definition) is 0. The second-order valence-electron chi connectivity index (χ2n) is 15.0. The fourth-order valence-corrected chi connectivity index (χ4v) is 9.69. The van der Waals surface area contributed by atoms with Gasteiger partial charge in [-0.1, -0.05) is 55.8 Å². The highest BCUT2D eigenvalue weighted by atomic mass is 35.5. The highest BCUT2D eigenvalue weighted by Gasteiger charge is 2.54. The van der Waals surface area contributed by atoms with Gasteiger partial charge in [-0.05, 0) is 69.0 Å². The van der Waals surface area contributed by atoms with Crippen molar-refractivity contribution in [3.63, 3.8) is 0 Å². The van der Waals surface area contributed by atoms with Crippen molar-refractivity contribution in [3.05, 3.63) is 53.4 Å². The lowest BCUT2D eigenvalue weighted by Gasteiger charge is -2.45. The van der Waals surface area contributed by atoms with E-state index >= 15 is 4.39 Å². The van der Waals surface area contributed by atoms with Crippen LogP contribution in [0, 0.1) is 17.7 Å². The zero-order chi connectivity index (χ0) is 34.3. The molecule has 4 atom stereocenters. The Labute approximate surface area is 294 Å². The summed E-state index contributed by atoms with van der Waals surface area (Å²) in [6.07, 6.45) is 6.95. The lowest BCUT2D eigenvalue weighted by molar-refractivity contribution is -0.197. The molecule has 0 aliphatic carbocycles. The topological polar surface area (TPSA) is 101 Å². The van der Waals surface area contributed by atoms with Gasteiger partial charge in [0.15, 0.2) is 11.9 Å². The molecule has 4 aromatic rings. The van der Waals surface area contributed by atoms with Gasteiger partial charge < -0.3 is 19.3 Å². The monoisotopic (exact) mass is 698 g/mol. The SMILES string of the molecule is CC(C)[C@H]1C(=O)O[C@H]1C(=O)N1C2CCC1CN(c1nc(OCC34CCCN3CCC4)nc3c(F)c(-c4cccc5cccc(Cl)c45)ncc13)C2. The maximum Gasteiger partial charge on any atom is 0.319 e. The predicted octanol–water partition coefficient (Wildman–Crippen LogP) is 6.02. The highest BCUT2D eigenvalue weighted by Crippen LogP contribution is 2.42. The number of fused-ring (bicyclic) bond motifs is 5. The predicted molar refractivity (Wildman–Crippen MR) is 188 cm³/mol. The normalized spacial score (nSPS) is 25.7. The Morgan fingerprint density at radius 3 is 2.50 bits per heavy atom. The van der Waals surface area contributed by atoms with Crippen molar-refractivity contribution >= 4 is 51.0 Å². The number of aromatic nitrogens is 3. The van der Waals surface area contributed by atoms with Crippen LogP contribution in [0.25, 0.3) is 32.9 Å². The molecule has 260 valence electrons. The Bertz CT molecular complexity index is 2010. The maximum absolute atomic E-state index is 16.9. The van der Waals surface area contributed by atoms with Gasteiger partial charge >= 0.3 is 12.0 Å². The van der Waals surface area contributed by atoms with Crippen LogP contribution in [0.3, 0.4) is 0 Å². The van der Waals surface area contributed by atoms with Crippen molar-refractivity contribution in [2.24, 2.45) is 11.8 Å². The first kappa shape index (κ1) is 31.9. The Kier molecular flexibility index (Phi) is 7.65. The minimum atomic E-state index is -0.735. The van der Waals surface area contributed by atoms with Crippen molar-refractivity contribution in [2.45, 2.75) is 76.1 Å². The summed E-state index contributed by atoms with van der Waals surface area (Å²) < 4.78 is 28.8. The van der Waals surface area contributed by atoms with Crippen molar-refractivity contribution in [1.82, 2.24) is 24.8 Å². The third kappa shape index (κ3) is 4.94. The summed E-state index contributed by atoms with van der Waals surface area (Å²) in [5.74, 6) is -0.831. The number of benzene rings is 2. The van der Waals surface area contributed by atoms with E-state index in [2.05, 4.69) is 14.8 Å². The quantitative estimate of drug-likeness (QED) is 0.215. The highest BCUT2D eigenvalue weighted by molar-refractivity contribution is 6.36. The van der Waals surface area contributed by atoms with E-state index in [1.165, 1.54) is 0 Å². The van der Waals surface area contributed by atoms with Crippen LogP contribution in [0.5, 0.6) is 6.01 Å². The lowest BCUT2D eigenvalue weighted by atomic mass is 9.85. The molecule has 2 aromatic carbocycles. The van der Waals surface area contributed by atoms with Gasteiger partial charge in [0.1, 0.15) is 29.6 Å². The van der Waals surface area contributed by atoms with E-state index in [0.717, 1.165) is 62.4 Å². The van der Waals surface area contributed by atoms with Crippen LogP contribution in [0.15, 0.2) is 42.6 Å². The number of pyridine rings is 1. The number of amides is 1. The molecular weight excluding hydrogens is 659 g/mol. The molecule has 0 N–H and O–H groups in total. The summed E-state index contributed by atoms with van der Waals surface area (Å²) in [7, 11) is 0. The first-order chi connectivity index (χ1) is 24.2. The Balaban J connectivity index is 1.09. The van der Waals surface area contributed by atoms with Crippen LogP contribution in [0.4, 0.5) is 10.2 Å². The van der Waals surface area contributed by atoms with Gasteiger partial charge in [-0.15, -0.1) is 0 Å². The molecular formula is C38H40ClFN6O4. The number of piperazine rings is 1. The summed E-state index contributed by atoms with van der Waals surface area (Å²) in [6, 6.07) is 11.2. The molecule has 12 heteroatoms. The molecule has 0 radical (unpaired) electrons. The van der Waals surface area contributed by atoms with Gasteiger partial charge in [0.25, 0.3) is 5.91 Å². The number of anilines is 1. The van der Waals surface area contributed by atoms with Gasteiger partial charge in [0.2, 0.25) is 0 Å². The molecule has 0 saturated carbocycles. The van der Waals surface area contributed by atoms with Crippen LogP contribution in [-0.2, 0) is 14.3 Å². The van der Waals surface area contributed by atoms with E-state index in [4.69, 9.17) is 31.0 Å². The number of cyclic esters (lactones) is 1. The number of rotatable bonds is 7. The van der Waals surface area contributed by atoms with E-state index in [0.29, 0.717) is 41.5 Å². The number of nitrogens with zero attached hydrogens (tertiary/aromatic N) is 6. The fourth-order valence-electron chi connectivity index (χ4n) is 9.40. The number of carbonyl (C=O) groups is 2. The smallest absolute Gasteiger partial charge is 0.319 e. The Hall–Kier alpha value is -4.09. The van der Waals surface area contributed by atoms with E-state index < -0.39 is 17.8 Å². The summed E-state index contributed by atoms with van der Waals surface area (Å²) in [5, 5.41) is 2.62. The largest absolute Gasteiger partial charge is 0.461 e. The van der Waals surface area contributed by atoms with Gasteiger partial charge in [-0.3, -0.25) is 19.5 Å². The summed E-state index contributed by atoms with van der Waals surface area (Å²) >= 11 is 6.65. The van der Waals surface area contributed by atoms with E-state index in [1.807, 2.05) is 49.1 Å². The zero-order valence-corrected chi connectivity index (χ0v) is 29.0. The minimum absolute atomic E-state index is 0.0206. The molecule has 7 heterocycles. The second-order valence-corrected chi connectivity index (χ2v) is 15.4. The maximum atomic E-state index is 16.9. The lowest BCUT2D eigenvalue weighted by Crippen LogP contribution is -2.63. The van der Waals surface area contributed by atoms with Gasteiger partial charge in [-0.2, -0.15) is 9.97 Å². The van der Waals surface area contributed by atoms with Gasteiger partial charge in [0.05, 0.1) is 10.9 Å². The molecule has 5 fully saturated rings. The number of halogens is 2. The van der Waals surface area contributed by atoms with Crippen LogP contribution in [0.2, 0.25) is 5.02 Å². The van der Waals surface area contributed by atoms with Crippen molar-refractivity contribution in [1.29, 1.82) is 0 Å². The van der Waals surface area contributed by atoms with Crippen LogP contribution < -0.4 is 9.64 Å². The summed E-state index contributed by atoms with van der Waals surface area (Å²) in [4.78, 5) is 46.9. The molecule has 5 aliphatic heterocycles. The summed E-state index contributed by atoms with van der Waals surface area (Å²) in [5.41, 5.74) is 0.846. The molecule has 2 aromatic heterocycles. The molecule has 50 heavy (non-hydrogen) atoms. The van der Waals surface area contributed by atoms with E-state index in [1.54, 1.807) is 12.3 Å². The van der Waals surface area contributed by atoms with Gasteiger partial charge in [0, 0.05) is 47.3 Å². The molecule has 10 nitrogen and oxygen atoms in total. The number of carbonyl (C=O) groups excluding carboxylic acids is 2. The van der Waals surface area contributed by atoms with Crippen molar-refractivity contribution in [3.8, 4) is 17.3 Å². The van der Waals surface area contributed by atoms with E-state index in [9.17, 15) is 9.59 Å².